The smallest absolute Gasteiger partial charge is 0.0480 e. The van der Waals surface area contributed by atoms with Crippen molar-refractivity contribution < 1.29 is 0 Å². The van der Waals surface area contributed by atoms with Crippen LogP contribution in [0.2, 0.25) is 0 Å². The SMILES string of the molecule is CN1CCC(NCCCn2ccc3ccccc32)CC1. The van der Waals surface area contributed by atoms with E-state index < -0.39 is 0 Å². The topological polar surface area (TPSA) is 20.2 Å². The number of benzene rings is 1. The van der Waals surface area contributed by atoms with Crippen molar-refractivity contribution in [1.82, 2.24) is 14.8 Å². The van der Waals surface area contributed by atoms with E-state index in [0.29, 0.717) is 0 Å². The maximum Gasteiger partial charge on any atom is 0.0480 e. The van der Waals surface area contributed by atoms with Crippen molar-refractivity contribution in [3.05, 3.63) is 36.5 Å². The molecule has 3 nitrogen and oxygen atoms in total. The van der Waals surface area contributed by atoms with Crippen molar-refractivity contribution in [1.29, 1.82) is 0 Å². The van der Waals surface area contributed by atoms with Crippen LogP contribution >= 0.6 is 0 Å². The Labute approximate surface area is 121 Å². The fourth-order valence-electron chi connectivity index (χ4n) is 3.10. The van der Waals surface area contributed by atoms with Crippen LogP contribution < -0.4 is 5.32 Å². The average molecular weight is 271 g/mol. The van der Waals surface area contributed by atoms with Gasteiger partial charge in [-0.2, -0.15) is 0 Å². The number of nitrogens with one attached hydrogen (secondary N) is 1. The molecule has 0 spiro atoms. The molecular formula is C17H25N3. The first-order chi connectivity index (χ1) is 9.83. The number of rotatable bonds is 5. The number of likely N-dealkylation sites (tertiary alicyclic amines) is 1. The van der Waals surface area contributed by atoms with Gasteiger partial charge in [0.05, 0.1) is 0 Å². The van der Waals surface area contributed by atoms with Crippen molar-refractivity contribution in [3.63, 3.8) is 0 Å². The molecule has 0 aliphatic carbocycles. The Morgan fingerprint density at radius 3 is 2.80 bits per heavy atom. The minimum Gasteiger partial charge on any atom is -0.347 e. The molecule has 0 bridgehead atoms. The van der Waals surface area contributed by atoms with Crippen molar-refractivity contribution in [3.8, 4) is 0 Å². The van der Waals surface area contributed by atoms with Crippen molar-refractivity contribution in [2.45, 2.75) is 31.8 Å². The molecule has 0 radical (unpaired) electrons. The monoisotopic (exact) mass is 271 g/mol. The van der Waals surface area contributed by atoms with E-state index in [1.54, 1.807) is 0 Å². The fraction of sp³-hybridized carbons (Fsp3) is 0.529. The largest absolute Gasteiger partial charge is 0.347 e. The zero-order chi connectivity index (χ0) is 13.8. The van der Waals surface area contributed by atoms with Gasteiger partial charge in [0, 0.05) is 24.3 Å². The lowest BCUT2D eigenvalue weighted by Crippen LogP contribution is -2.41. The second kappa shape index (κ2) is 6.42. The summed E-state index contributed by atoms with van der Waals surface area (Å²) in [5.41, 5.74) is 1.35. The lowest BCUT2D eigenvalue weighted by atomic mass is 10.1. The van der Waals surface area contributed by atoms with Crippen LogP contribution in [-0.2, 0) is 6.54 Å². The van der Waals surface area contributed by atoms with Crippen LogP contribution in [0.3, 0.4) is 0 Å². The van der Waals surface area contributed by atoms with Gasteiger partial charge in [-0.05, 0) is 63.5 Å². The maximum atomic E-state index is 3.71. The van der Waals surface area contributed by atoms with E-state index >= 15 is 0 Å². The molecule has 1 fully saturated rings. The molecule has 0 saturated carbocycles. The third-order valence-corrected chi connectivity index (χ3v) is 4.41. The molecule has 1 aliphatic heterocycles. The summed E-state index contributed by atoms with van der Waals surface area (Å²) >= 11 is 0. The Kier molecular flexibility index (Phi) is 4.38. The van der Waals surface area contributed by atoms with Crippen LogP contribution in [-0.4, -0.2) is 42.2 Å². The number of aromatic nitrogens is 1. The second-order valence-corrected chi connectivity index (χ2v) is 5.95. The van der Waals surface area contributed by atoms with E-state index in [9.17, 15) is 0 Å². The van der Waals surface area contributed by atoms with Gasteiger partial charge in [0.15, 0.2) is 0 Å². The molecule has 108 valence electrons. The van der Waals surface area contributed by atoms with E-state index in [1.165, 1.54) is 43.3 Å². The summed E-state index contributed by atoms with van der Waals surface area (Å²) in [5, 5.41) is 5.06. The predicted molar refractivity (Wildman–Crippen MR) is 85.1 cm³/mol. The number of hydrogen-bond acceptors (Lipinski definition) is 2. The Morgan fingerprint density at radius 1 is 1.15 bits per heavy atom. The van der Waals surface area contributed by atoms with Crippen LogP contribution in [0, 0.1) is 0 Å². The first kappa shape index (κ1) is 13.7. The number of nitrogens with zero attached hydrogens (tertiary/aromatic N) is 2. The van der Waals surface area contributed by atoms with Crippen molar-refractivity contribution >= 4 is 10.9 Å². The summed E-state index contributed by atoms with van der Waals surface area (Å²) in [6.45, 7) is 4.70. The zero-order valence-corrected chi connectivity index (χ0v) is 12.4. The molecule has 2 heterocycles. The molecule has 1 saturated heterocycles. The summed E-state index contributed by atoms with van der Waals surface area (Å²) in [4.78, 5) is 2.42. The van der Waals surface area contributed by atoms with Gasteiger partial charge in [0.25, 0.3) is 0 Å². The van der Waals surface area contributed by atoms with Gasteiger partial charge in [0.1, 0.15) is 0 Å². The Hall–Kier alpha value is -1.32. The maximum absolute atomic E-state index is 3.71. The number of aryl methyl sites for hydroxylation is 1. The Bertz CT molecular complexity index is 538. The molecule has 2 aromatic rings. The molecule has 1 aromatic carbocycles. The van der Waals surface area contributed by atoms with Crippen LogP contribution in [0.1, 0.15) is 19.3 Å². The standard InChI is InChI=1S/C17H25N3/c1-19-12-8-16(9-13-19)18-10-4-11-20-14-7-15-5-2-3-6-17(15)20/h2-3,5-7,14,16,18H,4,8-13H2,1H3. The van der Waals surface area contributed by atoms with Gasteiger partial charge in [-0.1, -0.05) is 18.2 Å². The Balaban J connectivity index is 1.44. The average Bonchev–Trinajstić information content (AvgIpc) is 2.89. The highest BCUT2D eigenvalue weighted by atomic mass is 15.1. The number of fused-ring (bicyclic) bond motifs is 1. The third kappa shape index (κ3) is 3.22. The molecule has 0 unspecified atom stereocenters. The third-order valence-electron chi connectivity index (χ3n) is 4.41. The van der Waals surface area contributed by atoms with Gasteiger partial charge < -0.3 is 14.8 Å². The van der Waals surface area contributed by atoms with Crippen LogP contribution in [0.25, 0.3) is 10.9 Å². The molecule has 20 heavy (non-hydrogen) atoms. The fourth-order valence-corrected chi connectivity index (χ4v) is 3.10. The lowest BCUT2D eigenvalue weighted by Gasteiger charge is -2.29. The first-order valence-corrected chi connectivity index (χ1v) is 7.79. The number of para-hydroxylation sites is 1. The quantitative estimate of drug-likeness (QED) is 0.844. The number of hydrogen-bond donors (Lipinski definition) is 1. The van der Waals surface area contributed by atoms with Gasteiger partial charge in [-0.25, -0.2) is 0 Å². The van der Waals surface area contributed by atoms with Gasteiger partial charge in [0.2, 0.25) is 0 Å². The van der Waals surface area contributed by atoms with Gasteiger partial charge in [-0.3, -0.25) is 0 Å². The molecule has 1 aliphatic rings. The van der Waals surface area contributed by atoms with Crippen LogP contribution in [0.4, 0.5) is 0 Å². The minimum absolute atomic E-state index is 0.729. The highest BCUT2D eigenvalue weighted by Gasteiger charge is 2.15. The highest BCUT2D eigenvalue weighted by Crippen LogP contribution is 2.15. The zero-order valence-electron chi connectivity index (χ0n) is 12.4. The summed E-state index contributed by atoms with van der Waals surface area (Å²) in [7, 11) is 2.22. The van der Waals surface area contributed by atoms with Crippen LogP contribution in [0.5, 0.6) is 0 Å². The summed E-state index contributed by atoms with van der Waals surface area (Å²) < 4.78 is 2.37. The molecular weight excluding hydrogens is 246 g/mol. The van der Waals surface area contributed by atoms with Crippen molar-refractivity contribution in [2.75, 3.05) is 26.7 Å². The number of piperidine rings is 1. The van der Waals surface area contributed by atoms with Crippen molar-refractivity contribution in [2.24, 2.45) is 0 Å². The molecule has 3 rings (SSSR count). The van der Waals surface area contributed by atoms with E-state index in [4.69, 9.17) is 0 Å². The molecule has 0 atom stereocenters. The Morgan fingerprint density at radius 2 is 1.95 bits per heavy atom. The van der Waals surface area contributed by atoms with E-state index in [-0.39, 0.29) is 0 Å². The molecule has 3 heteroatoms. The van der Waals surface area contributed by atoms with Crippen LogP contribution in [0.15, 0.2) is 36.5 Å². The van der Waals surface area contributed by atoms with E-state index in [1.807, 2.05) is 0 Å². The predicted octanol–water partition coefficient (Wildman–Crippen LogP) is 2.72. The van der Waals surface area contributed by atoms with Gasteiger partial charge >= 0.3 is 0 Å². The summed E-state index contributed by atoms with van der Waals surface area (Å²) in [5.74, 6) is 0. The molecule has 1 aromatic heterocycles. The van der Waals surface area contributed by atoms with Gasteiger partial charge in [-0.15, -0.1) is 0 Å². The highest BCUT2D eigenvalue weighted by molar-refractivity contribution is 5.79. The summed E-state index contributed by atoms with van der Waals surface area (Å²) in [6.07, 6.45) is 6.00. The van der Waals surface area contributed by atoms with E-state index in [2.05, 4.69) is 58.4 Å². The van der Waals surface area contributed by atoms with E-state index in [0.717, 1.165) is 19.1 Å². The summed E-state index contributed by atoms with van der Waals surface area (Å²) in [6, 6.07) is 11.6. The molecule has 0 amide bonds. The lowest BCUT2D eigenvalue weighted by molar-refractivity contribution is 0.234. The minimum atomic E-state index is 0.729. The molecule has 1 N–H and O–H groups in total. The normalized spacial score (nSPS) is 17.9. The first-order valence-electron chi connectivity index (χ1n) is 7.79. The second-order valence-electron chi connectivity index (χ2n) is 5.95.